The first-order valence-electron chi connectivity index (χ1n) is 7.12. The Morgan fingerprint density at radius 1 is 1.33 bits per heavy atom. The lowest BCUT2D eigenvalue weighted by Gasteiger charge is -2.25. The second-order valence-corrected chi connectivity index (χ2v) is 7.70. The molecule has 0 aromatic heterocycles. The number of thioether (sulfide) groups is 1. The van der Waals surface area contributed by atoms with Gasteiger partial charge in [-0.05, 0) is 41.9 Å². The van der Waals surface area contributed by atoms with E-state index in [2.05, 4.69) is 5.32 Å². The Morgan fingerprint density at radius 2 is 1.95 bits per heavy atom. The van der Waals surface area contributed by atoms with Gasteiger partial charge in [-0.1, -0.05) is 32.4 Å². The summed E-state index contributed by atoms with van der Waals surface area (Å²) in [6.07, 6.45) is 0.771. The van der Waals surface area contributed by atoms with Gasteiger partial charge < -0.3 is 10.4 Å². The van der Waals surface area contributed by atoms with Crippen LogP contribution in [0.15, 0.2) is 29.2 Å². The van der Waals surface area contributed by atoms with Crippen LogP contribution in [0.25, 0.3) is 0 Å². The highest BCUT2D eigenvalue weighted by atomic mass is 35.5. The van der Waals surface area contributed by atoms with Gasteiger partial charge in [-0.2, -0.15) is 0 Å². The first-order valence-corrected chi connectivity index (χ1v) is 8.48. The van der Waals surface area contributed by atoms with Crippen LogP contribution in [-0.4, -0.2) is 29.4 Å². The Morgan fingerprint density at radius 3 is 2.52 bits per heavy atom. The van der Waals surface area contributed by atoms with Crippen LogP contribution in [0.4, 0.5) is 0 Å². The molecular weight excluding hydrogens is 306 g/mol. The lowest BCUT2D eigenvalue weighted by molar-refractivity contribution is -0.121. The van der Waals surface area contributed by atoms with Crippen LogP contribution in [0, 0.1) is 5.41 Å². The van der Waals surface area contributed by atoms with Crippen LogP contribution in [-0.2, 0) is 4.79 Å². The highest BCUT2D eigenvalue weighted by Gasteiger charge is 2.22. The Hall–Kier alpha value is -0.710. The molecular formula is C16H24ClNO2S. The summed E-state index contributed by atoms with van der Waals surface area (Å²) < 4.78 is 0. The van der Waals surface area contributed by atoms with Gasteiger partial charge in [0.05, 0.1) is 6.10 Å². The Bertz CT molecular complexity index is 443. The molecule has 0 radical (unpaired) electrons. The van der Waals surface area contributed by atoms with Crippen molar-refractivity contribution in [2.45, 2.75) is 44.6 Å². The minimum Gasteiger partial charge on any atom is -0.391 e. The van der Waals surface area contributed by atoms with Crippen molar-refractivity contribution < 1.29 is 9.90 Å². The Labute approximate surface area is 136 Å². The van der Waals surface area contributed by atoms with Crippen LogP contribution >= 0.6 is 23.4 Å². The lowest BCUT2D eigenvalue weighted by atomic mass is 9.89. The van der Waals surface area contributed by atoms with Crippen molar-refractivity contribution in [3.8, 4) is 0 Å². The van der Waals surface area contributed by atoms with Gasteiger partial charge in [0.2, 0.25) is 5.91 Å². The average Bonchev–Trinajstić information content (AvgIpc) is 2.41. The molecule has 0 aliphatic heterocycles. The summed E-state index contributed by atoms with van der Waals surface area (Å²) in [5, 5.41) is 13.4. The maximum atomic E-state index is 11.7. The number of rotatable bonds is 7. The third-order valence-corrected chi connectivity index (χ3v) is 4.47. The second-order valence-electron chi connectivity index (χ2n) is 6.09. The van der Waals surface area contributed by atoms with Gasteiger partial charge in [0, 0.05) is 22.9 Å². The first-order chi connectivity index (χ1) is 9.79. The summed E-state index contributed by atoms with van der Waals surface area (Å²) in [5.41, 5.74) is -0.211. The summed E-state index contributed by atoms with van der Waals surface area (Å²) in [7, 11) is 0. The molecule has 1 aromatic carbocycles. The van der Waals surface area contributed by atoms with Crippen LogP contribution in [0.1, 0.15) is 33.6 Å². The van der Waals surface area contributed by atoms with E-state index < -0.39 is 6.10 Å². The monoisotopic (exact) mass is 329 g/mol. The summed E-state index contributed by atoms with van der Waals surface area (Å²) in [6, 6.07) is 7.69. The molecule has 0 fully saturated rings. The highest BCUT2D eigenvalue weighted by Crippen LogP contribution is 2.21. The fourth-order valence-electron chi connectivity index (χ4n) is 1.56. The summed E-state index contributed by atoms with van der Waals surface area (Å²) in [6.45, 7) is 6.17. The SMILES string of the molecule is CC(C)(C)[C@H](O)CNC(=O)CCCSc1ccc(Cl)cc1. The summed E-state index contributed by atoms with van der Waals surface area (Å²) in [4.78, 5) is 12.8. The highest BCUT2D eigenvalue weighted by molar-refractivity contribution is 7.99. The second kappa shape index (κ2) is 8.66. The molecule has 2 N–H and O–H groups in total. The molecule has 0 aliphatic rings. The third kappa shape index (κ3) is 7.74. The van der Waals surface area contributed by atoms with Crippen molar-refractivity contribution >= 4 is 29.3 Å². The van der Waals surface area contributed by atoms with E-state index in [1.165, 1.54) is 0 Å². The first kappa shape index (κ1) is 18.3. The van der Waals surface area contributed by atoms with Crippen molar-refractivity contribution in [3.63, 3.8) is 0 Å². The minimum atomic E-state index is -0.523. The molecule has 21 heavy (non-hydrogen) atoms. The van der Waals surface area contributed by atoms with Crippen molar-refractivity contribution in [3.05, 3.63) is 29.3 Å². The molecule has 1 amide bonds. The van der Waals surface area contributed by atoms with E-state index in [0.717, 1.165) is 22.1 Å². The number of amides is 1. The van der Waals surface area contributed by atoms with Gasteiger partial charge in [0.25, 0.3) is 0 Å². The number of nitrogens with one attached hydrogen (secondary N) is 1. The quantitative estimate of drug-likeness (QED) is 0.592. The standard InChI is InChI=1S/C16H24ClNO2S/c1-16(2,3)14(19)11-18-15(20)5-4-10-21-13-8-6-12(17)7-9-13/h6-9,14,19H,4-5,10-11H2,1-3H3,(H,18,20)/t14-/m1/s1. The van der Waals surface area contributed by atoms with Crippen LogP contribution < -0.4 is 5.32 Å². The zero-order valence-corrected chi connectivity index (χ0v) is 14.4. The van der Waals surface area contributed by atoms with E-state index in [1.54, 1.807) is 11.8 Å². The smallest absolute Gasteiger partial charge is 0.220 e. The van der Waals surface area contributed by atoms with E-state index in [0.29, 0.717) is 13.0 Å². The van der Waals surface area contributed by atoms with Gasteiger partial charge in [0.1, 0.15) is 0 Å². The molecule has 1 rings (SSSR count). The predicted octanol–water partition coefficient (Wildman–Crippen LogP) is 3.74. The van der Waals surface area contributed by atoms with Crippen LogP contribution in [0.5, 0.6) is 0 Å². The number of hydrogen-bond donors (Lipinski definition) is 2. The van der Waals surface area contributed by atoms with E-state index in [9.17, 15) is 9.90 Å². The molecule has 0 spiro atoms. The molecule has 0 saturated heterocycles. The minimum absolute atomic E-state index is 0.00462. The molecule has 118 valence electrons. The number of benzene rings is 1. The van der Waals surface area contributed by atoms with E-state index in [-0.39, 0.29) is 11.3 Å². The van der Waals surface area contributed by atoms with Gasteiger partial charge in [-0.15, -0.1) is 11.8 Å². The zero-order valence-electron chi connectivity index (χ0n) is 12.9. The van der Waals surface area contributed by atoms with E-state index in [1.807, 2.05) is 45.0 Å². The Balaban J connectivity index is 2.15. The normalized spacial score (nSPS) is 13.0. The van der Waals surface area contributed by atoms with E-state index >= 15 is 0 Å². The lowest BCUT2D eigenvalue weighted by Crippen LogP contribution is -2.39. The number of aliphatic hydroxyl groups excluding tert-OH is 1. The predicted molar refractivity (Wildman–Crippen MR) is 89.9 cm³/mol. The number of carbonyl (C=O) groups excluding carboxylic acids is 1. The van der Waals surface area contributed by atoms with Gasteiger partial charge in [-0.25, -0.2) is 0 Å². The van der Waals surface area contributed by atoms with Gasteiger partial charge >= 0.3 is 0 Å². The molecule has 3 nitrogen and oxygen atoms in total. The van der Waals surface area contributed by atoms with Gasteiger partial charge in [-0.3, -0.25) is 4.79 Å². The topological polar surface area (TPSA) is 49.3 Å². The number of carbonyl (C=O) groups is 1. The van der Waals surface area contributed by atoms with Gasteiger partial charge in [0.15, 0.2) is 0 Å². The van der Waals surface area contributed by atoms with Crippen molar-refractivity contribution in [1.29, 1.82) is 0 Å². The summed E-state index contributed by atoms with van der Waals surface area (Å²) >= 11 is 7.54. The molecule has 0 saturated carbocycles. The molecule has 0 heterocycles. The maximum absolute atomic E-state index is 11.7. The Kier molecular flexibility index (Phi) is 7.57. The maximum Gasteiger partial charge on any atom is 0.220 e. The largest absolute Gasteiger partial charge is 0.391 e. The van der Waals surface area contributed by atoms with Crippen molar-refractivity contribution in [1.82, 2.24) is 5.32 Å². The fraction of sp³-hybridized carbons (Fsp3) is 0.562. The fourth-order valence-corrected chi connectivity index (χ4v) is 2.54. The third-order valence-electron chi connectivity index (χ3n) is 3.12. The van der Waals surface area contributed by atoms with Crippen molar-refractivity contribution in [2.24, 2.45) is 5.41 Å². The summed E-state index contributed by atoms with van der Waals surface area (Å²) in [5.74, 6) is 0.881. The number of hydrogen-bond acceptors (Lipinski definition) is 3. The zero-order chi connectivity index (χ0) is 15.9. The van der Waals surface area contributed by atoms with Crippen LogP contribution in [0.3, 0.4) is 0 Å². The number of aliphatic hydroxyl groups is 1. The molecule has 1 atom stereocenters. The molecule has 0 aliphatic carbocycles. The van der Waals surface area contributed by atoms with E-state index in [4.69, 9.17) is 11.6 Å². The van der Waals surface area contributed by atoms with Crippen molar-refractivity contribution in [2.75, 3.05) is 12.3 Å². The molecule has 1 aromatic rings. The average molecular weight is 330 g/mol. The number of halogens is 1. The molecule has 5 heteroatoms. The molecule has 0 unspecified atom stereocenters. The molecule has 0 bridgehead atoms. The van der Waals surface area contributed by atoms with Crippen LogP contribution in [0.2, 0.25) is 5.02 Å².